The molecule has 0 saturated carbocycles. The van der Waals surface area contributed by atoms with Crippen LogP contribution in [0.1, 0.15) is 20.7 Å². The van der Waals surface area contributed by atoms with Crippen molar-refractivity contribution in [1.29, 1.82) is 0 Å². The van der Waals surface area contributed by atoms with Crippen LogP contribution in [-0.2, 0) is 0 Å². The van der Waals surface area contributed by atoms with Crippen molar-refractivity contribution in [3.63, 3.8) is 0 Å². The Kier molecular flexibility index (Phi) is 5.45. The number of nitro groups is 1. The van der Waals surface area contributed by atoms with Gasteiger partial charge in [-0.25, -0.2) is 9.07 Å². The minimum absolute atomic E-state index is 0.00724. The maximum atomic E-state index is 14.4. The molecular weight excluding hydrogens is 419 g/mol. The van der Waals surface area contributed by atoms with Crippen molar-refractivity contribution in [1.82, 2.24) is 25.2 Å². The Labute approximate surface area is 180 Å². The first-order valence-corrected chi connectivity index (χ1v) is 9.27. The number of halogens is 1. The van der Waals surface area contributed by atoms with Crippen LogP contribution in [0.25, 0.3) is 11.5 Å². The number of carbonyl (C=O) groups excluding carboxylic acids is 2. The molecule has 2 amide bonds. The van der Waals surface area contributed by atoms with Crippen LogP contribution in [0.4, 0.5) is 10.1 Å². The number of aromatic nitrogens is 3. The van der Waals surface area contributed by atoms with Gasteiger partial charge in [0.2, 0.25) is 0 Å². The van der Waals surface area contributed by atoms with Gasteiger partial charge < -0.3 is 4.57 Å². The lowest BCUT2D eigenvalue weighted by atomic mass is 10.2. The number of para-hydroxylation sites is 1. The standard InChI is InChI=1S/C21H15FN6O4/c22-17-8-1-2-9-18(17)27-21(26-10-3-4-11-26)16(13-23-27)20(30)25-24-19(29)14-6-5-7-15(12-14)28(31)32/h1-13H,(H,24,29)(H,25,30). The second-order valence-corrected chi connectivity index (χ2v) is 6.55. The van der Waals surface area contributed by atoms with Crippen LogP contribution < -0.4 is 10.9 Å². The Bertz CT molecular complexity index is 1320. The second kappa shape index (κ2) is 8.52. The predicted octanol–water partition coefficient (Wildman–Crippen LogP) is 2.79. The summed E-state index contributed by atoms with van der Waals surface area (Å²) in [6.07, 6.45) is 4.57. The van der Waals surface area contributed by atoms with E-state index in [2.05, 4.69) is 16.0 Å². The van der Waals surface area contributed by atoms with Gasteiger partial charge >= 0.3 is 0 Å². The summed E-state index contributed by atoms with van der Waals surface area (Å²) in [5.41, 5.74) is 4.40. The summed E-state index contributed by atoms with van der Waals surface area (Å²) in [4.78, 5) is 35.4. The Hall–Kier alpha value is -4.80. The summed E-state index contributed by atoms with van der Waals surface area (Å²) < 4.78 is 17.2. The average Bonchev–Trinajstić information content (AvgIpc) is 3.47. The molecule has 2 aromatic carbocycles. The Balaban J connectivity index is 1.61. The van der Waals surface area contributed by atoms with Crippen molar-refractivity contribution in [3.05, 3.63) is 106 Å². The fourth-order valence-corrected chi connectivity index (χ4v) is 3.04. The molecule has 0 aliphatic heterocycles. The number of amides is 2. The highest BCUT2D eigenvalue weighted by Gasteiger charge is 2.22. The van der Waals surface area contributed by atoms with E-state index in [1.807, 2.05) is 0 Å². The van der Waals surface area contributed by atoms with Gasteiger partial charge in [0.05, 0.1) is 11.1 Å². The lowest BCUT2D eigenvalue weighted by Gasteiger charge is -2.12. The van der Waals surface area contributed by atoms with Crippen LogP contribution in [0.3, 0.4) is 0 Å². The lowest BCUT2D eigenvalue weighted by molar-refractivity contribution is -0.384. The van der Waals surface area contributed by atoms with Crippen LogP contribution in [-0.4, -0.2) is 31.1 Å². The van der Waals surface area contributed by atoms with E-state index in [0.29, 0.717) is 0 Å². The topological polar surface area (TPSA) is 124 Å². The summed E-state index contributed by atoms with van der Waals surface area (Å²) in [5.74, 6) is -1.74. The monoisotopic (exact) mass is 434 g/mol. The minimum atomic E-state index is -0.744. The molecule has 2 heterocycles. The number of hydrogen-bond donors (Lipinski definition) is 2. The number of nitrogens with one attached hydrogen (secondary N) is 2. The zero-order chi connectivity index (χ0) is 22.7. The average molecular weight is 434 g/mol. The molecule has 0 saturated heterocycles. The van der Waals surface area contributed by atoms with E-state index in [0.717, 1.165) is 6.07 Å². The molecule has 0 atom stereocenters. The first-order chi connectivity index (χ1) is 15.5. The third-order valence-electron chi connectivity index (χ3n) is 4.53. The normalized spacial score (nSPS) is 10.5. The SMILES string of the molecule is O=C(NNC(=O)c1cnn(-c2ccccc2F)c1-n1cccc1)c1cccc([N+](=O)[O-])c1. The summed E-state index contributed by atoms with van der Waals surface area (Å²) in [6.45, 7) is 0. The van der Waals surface area contributed by atoms with Gasteiger partial charge in [0.25, 0.3) is 17.5 Å². The lowest BCUT2D eigenvalue weighted by Crippen LogP contribution is -2.41. The molecule has 2 N–H and O–H groups in total. The van der Waals surface area contributed by atoms with Crippen molar-refractivity contribution in [2.75, 3.05) is 0 Å². The molecule has 160 valence electrons. The van der Waals surface area contributed by atoms with Crippen molar-refractivity contribution in [3.8, 4) is 11.5 Å². The Morgan fingerprint density at radius 3 is 2.41 bits per heavy atom. The van der Waals surface area contributed by atoms with E-state index in [4.69, 9.17) is 0 Å². The van der Waals surface area contributed by atoms with Crippen molar-refractivity contribution < 1.29 is 18.9 Å². The molecule has 4 rings (SSSR count). The van der Waals surface area contributed by atoms with E-state index in [1.165, 1.54) is 47.3 Å². The molecule has 0 spiro atoms. The summed E-state index contributed by atoms with van der Waals surface area (Å²) in [6, 6.07) is 14.5. The van der Waals surface area contributed by atoms with E-state index >= 15 is 0 Å². The minimum Gasteiger partial charge on any atom is -0.308 e. The quantitative estimate of drug-likeness (QED) is 0.369. The molecule has 32 heavy (non-hydrogen) atoms. The molecule has 11 heteroatoms. The molecule has 2 aromatic heterocycles. The van der Waals surface area contributed by atoms with E-state index in [-0.39, 0.29) is 28.3 Å². The van der Waals surface area contributed by atoms with Gasteiger partial charge in [-0.05, 0) is 30.3 Å². The zero-order valence-corrected chi connectivity index (χ0v) is 16.3. The van der Waals surface area contributed by atoms with Crippen molar-refractivity contribution >= 4 is 17.5 Å². The van der Waals surface area contributed by atoms with Crippen LogP contribution in [0.2, 0.25) is 0 Å². The van der Waals surface area contributed by atoms with Gasteiger partial charge in [0, 0.05) is 30.1 Å². The van der Waals surface area contributed by atoms with Crippen LogP contribution >= 0.6 is 0 Å². The van der Waals surface area contributed by atoms with Crippen LogP contribution in [0, 0.1) is 15.9 Å². The molecule has 4 aromatic rings. The molecule has 0 radical (unpaired) electrons. The number of rotatable bonds is 5. The highest BCUT2D eigenvalue weighted by molar-refractivity contribution is 6.00. The van der Waals surface area contributed by atoms with Gasteiger partial charge in [-0.3, -0.25) is 30.6 Å². The number of non-ortho nitro benzene ring substituents is 1. The molecule has 0 aliphatic carbocycles. The third kappa shape index (κ3) is 3.94. The predicted molar refractivity (Wildman–Crippen MR) is 111 cm³/mol. The first-order valence-electron chi connectivity index (χ1n) is 9.27. The van der Waals surface area contributed by atoms with Crippen LogP contribution in [0.15, 0.2) is 79.3 Å². The largest absolute Gasteiger partial charge is 0.308 e. The first kappa shape index (κ1) is 20.5. The number of carbonyl (C=O) groups is 2. The highest BCUT2D eigenvalue weighted by atomic mass is 19.1. The maximum Gasteiger partial charge on any atom is 0.275 e. The molecule has 0 bridgehead atoms. The Morgan fingerprint density at radius 2 is 1.69 bits per heavy atom. The third-order valence-corrected chi connectivity index (χ3v) is 4.53. The van der Waals surface area contributed by atoms with Crippen LogP contribution in [0.5, 0.6) is 0 Å². The fourth-order valence-electron chi connectivity index (χ4n) is 3.04. The molecule has 0 unspecified atom stereocenters. The number of hydrogen-bond acceptors (Lipinski definition) is 5. The Morgan fingerprint density at radius 1 is 0.969 bits per heavy atom. The van der Waals surface area contributed by atoms with Crippen molar-refractivity contribution in [2.24, 2.45) is 0 Å². The molecular formula is C21H15FN6O4. The summed E-state index contributed by atoms with van der Waals surface area (Å²) >= 11 is 0. The van der Waals surface area contributed by atoms with Gasteiger partial charge in [-0.15, -0.1) is 0 Å². The highest BCUT2D eigenvalue weighted by Crippen LogP contribution is 2.21. The maximum absolute atomic E-state index is 14.4. The van der Waals surface area contributed by atoms with E-state index in [1.54, 1.807) is 35.2 Å². The fraction of sp³-hybridized carbons (Fsp3) is 0. The van der Waals surface area contributed by atoms with Gasteiger partial charge in [-0.1, -0.05) is 18.2 Å². The zero-order valence-electron chi connectivity index (χ0n) is 16.3. The van der Waals surface area contributed by atoms with Crippen molar-refractivity contribution in [2.45, 2.75) is 0 Å². The van der Waals surface area contributed by atoms with E-state index < -0.39 is 22.6 Å². The number of hydrazine groups is 1. The number of nitrogens with zero attached hydrogens (tertiary/aromatic N) is 4. The van der Waals surface area contributed by atoms with Gasteiger partial charge in [0.15, 0.2) is 5.82 Å². The molecule has 0 fully saturated rings. The number of benzene rings is 2. The van der Waals surface area contributed by atoms with Gasteiger partial charge in [-0.2, -0.15) is 5.10 Å². The summed E-state index contributed by atoms with van der Waals surface area (Å²) in [5, 5.41) is 15.0. The van der Waals surface area contributed by atoms with E-state index in [9.17, 15) is 24.1 Å². The second-order valence-electron chi connectivity index (χ2n) is 6.55. The molecule has 0 aliphatic rings. The smallest absolute Gasteiger partial charge is 0.275 e. The summed E-state index contributed by atoms with van der Waals surface area (Å²) in [7, 11) is 0. The number of nitro benzene ring substituents is 1. The van der Waals surface area contributed by atoms with Gasteiger partial charge in [0.1, 0.15) is 17.1 Å². The molecule has 10 nitrogen and oxygen atoms in total.